The van der Waals surface area contributed by atoms with Crippen molar-refractivity contribution in [3.63, 3.8) is 0 Å². The third-order valence-electron chi connectivity index (χ3n) is 17.4. The Morgan fingerprint density at radius 1 is 0.463 bits per heavy atom. The van der Waals surface area contributed by atoms with Crippen LogP contribution in [0.2, 0.25) is 0 Å². The summed E-state index contributed by atoms with van der Waals surface area (Å²) in [7, 11) is 1.78. The van der Waals surface area contributed by atoms with Crippen molar-refractivity contribution in [2.24, 2.45) is 5.73 Å². The van der Waals surface area contributed by atoms with E-state index in [-0.39, 0.29) is 41.6 Å². The number of anilines is 2. The molecule has 3 aromatic rings. The highest BCUT2D eigenvalue weighted by molar-refractivity contribution is 8.76. The van der Waals surface area contributed by atoms with E-state index in [0.29, 0.717) is 11.4 Å². The molecule has 53 heteroatoms. The second kappa shape index (κ2) is 54.4. The number of aliphatic carboxylic acids is 4. The van der Waals surface area contributed by atoms with Crippen LogP contribution in [0.3, 0.4) is 0 Å². The largest absolute Gasteiger partial charge is 0.481 e. The fraction of sp³-hybridized carbons (Fsp3) is 0.603. The predicted octanol–water partition coefficient (Wildman–Crippen LogP) is -11.9. The molecule has 33 N–H and O–H groups in total. The molecule has 2 aromatic heterocycles. The van der Waals surface area contributed by atoms with E-state index in [4.69, 9.17) is 16.6 Å². The van der Waals surface area contributed by atoms with Crippen molar-refractivity contribution in [3.8, 4) is 0 Å². The predicted molar refractivity (Wildman–Crippen MR) is 415 cm³/mol. The van der Waals surface area contributed by atoms with E-state index in [1.807, 2.05) is 0 Å². The van der Waals surface area contributed by atoms with Crippen LogP contribution in [0.4, 0.5) is 16.4 Å². The fourth-order valence-corrected chi connectivity index (χ4v) is 12.5. The monoisotopic (exact) mass is 1770 g/mol. The van der Waals surface area contributed by atoms with Crippen molar-refractivity contribution in [1.29, 1.82) is 0 Å². The van der Waals surface area contributed by atoms with Crippen molar-refractivity contribution < 1.29 is 163 Å². The van der Waals surface area contributed by atoms with E-state index in [1.165, 1.54) is 30.5 Å². The second-order valence-corrected chi connectivity index (χ2v) is 29.6. The zero-order valence-electron chi connectivity index (χ0n) is 64.5. The highest BCUT2D eigenvalue weighted by Gasteiger charge is 2.37. The standard InChI is InChI=1S/C68H103N17O34S2/c69-67-84-57-54(64(113)85-67)76-32(22-75-57)21-71-31-3-1-30(2-4-31)58(107)82-40(65(114)115)8-14-51(100)77-35(5-11-48(97)72-23-33(89)19-42(91)45(94)26-86)59(108)80-38(9-15-52(101)102)61(110)78-36(6-12-49(98)73-24-34(90)20-43(92)46(95)27-87)60(109)81-39(10-16-53(103)104)62(111)79-37(7-13-50(99)74-25-44(93)55(105)56(106)47(96)28-88)63(112)83-41(66(116)117)29-121-120-18-17-119-68(70)118/h1-4,22,33-47,55-56,71,86-96,105-106H,5-21,23-29H2,(H2,70,118)(H,72,97)(H,73,98)(H,74,99)(H,77,100)(H,78,110)(H,79,111)(H,80,108)(H,81,109)(H,82,107)(H,83,112)(H,101,102)(H,103,104)(H,114,115)(H,116,117)(H3,69,75,84,85,113)/t33-,34-,35+,36+,37+,38-,39-,40-,41-,42+,43+,44+,45-,46-,47-,55?,56-/m1/s1. The Labute approximate surface area is 693 Å². The van der Waals surface area contributed by atoms with E-state index < -0.39 is 333 Å². The van der Waals surface area contributed by atoms with Gasteiger partial charge in [-0.1, -0.05) is 21.6 Å². The number of ether oxygens (including phenoxy) is 1. The Balaban J connectivity index is 2.07. The quantitative estimate of drug-likeness (QED) is 0.0184. The van der Waals surface area contributed by atoms with E-state index in [2.05, 4.69) is 83.2 Å². The van der Waals surface area contributed by atoms with Gasteiger partial charge in [-0.3, -0.25) is 67.3 Å². The van der Waals surface area contributed by atoms with Crippen LogP contribution in [-0.2, 0) is 73.6 Å². The molecule has 11 amide bonds. The summed E-state index contributed by atoms with van der Waals surface area (Å²) in [5.41, 5.74) is 10.4. The van der Waals surface area contributed by atoms with Crippen molar-refractivity contribution in [1.82, 2.24) is 73.1 Å². The van der Waals surface area contributed by atoms with Gasteiger partial charge < -0.3 is 161 Å². The number of nitrogen functional groups attached to an aromatic ring is 1. The smallest absolute Gasteiger partial charge is 0.404 e. The number of hydrogen-bond acceptors (Lipinski definition) is 37. The molecule has 0 aliphatic rings. The lowest BCUT2D eigenvalue weighted by Crippen LogP contribution is -2.59. The SMILES string of the molecule is NC(=O)OCCSSC[C@@H](NC(=O)[C@H](CCC(=O)NC[C@H](O)C(O)[C@H](O)[C@H](O)CO)NC(=O)[C@@H](CCC(=O)O)NC(=O)[C@H](CCC(=O)NC[C@H](O)C[C@H](O)[C@H](O)CO)NC(=O)[C@@H](CCC(=O)O)NC(=O)[C@H](CCC(=O)NC[C@H](O)C[C@H](O)[C@H](O)CO)NC(=O)CC[C@@H](NC(=O)c1ccc(NCc2cnc3nc(N)[nH]c(=O)c3n2)cc1)C(=O)O)C(=O)O. The van der Waals surface area contributed by atoms with E-state index in [0.717, 1.165) is 21.6 Å². The molecule has 0 saturated heterocycles. The number of aliphatic hydroxyl groups excluding tert-OH is 13. The number of nitrogens with zero attached hydrogens (tertiary/aromatic N) is 3. The molecule has 3 rings (SSSR count). The van der Waals surface area contributed by atoms with Gasteiger partial charge in [0.05, 0.1) is 68.8 Å². The first-order valence-electron chi connectivity index (χ1n) is 37.0. The number of benzene rings is 1. The first-order chi connectivity index (χ1) is 57.1. The Morgan fingerprint density at radius 3 is 1.30 bits per heavy atom. The summed E-state index contributed by atoms with van der Waals surface area (Å²) >= 11 is 0. The van der Waals surface area contributed by atoms with Crippen LogP contribution in [0.15, 0.2) is 35.3 Å². The normalized spacial score (nSPS) is 15.5. The zero-order valence-corrected chi connectivity index (χ0v) is 66.2. The number of nitrogens with one attached hydrogen (secondary N) is 12. The summed E-state index contributed by atoms with van der Waals surface area (Å²) in [4.78, 5) is 227. The Kier molecular flexibility index (Phi) is 46.8. The van der Waals surface area contributed by atoms with Crippen LogP contribution in [-0.4, -0.2) is 357 Å². The van der Waals surface area contributed by atoms with Crippen LogP contribution < -0.4 is 75.5 Å². The summed E-state index contributed by atoms with van der Waals surface area (Å²) in [5.74, 6) is -19.9. The number of nitrogens with two attached hydrogens (primary N) is 2. The molecule has 1 aromatic carbocycles. The number of hydrogen-bond donors (Lipinski definition) is 31. The van der Waals surface area contributed by atoms with Crippen LogP contribution >= 0.6 is 21.6 Å². The molecule has 121 heavy (non-hydrogen) atoms. The summed E-state index contributed by atoms with van der Waals surface area (Å²) < 4.78 is 4.61. The highest BCUT2D eigenvalue weighted by Crippen LogP contribution is 2.23. The maximum Gasteiger partial charge on any atom is 0.404 e. The topological polar surface area (TPSA) is 865 Å². The van der Waals surface area contributed by atoms with Gasteiger partial charge in [0.1, 0.15) is 79.4 Å². The van der Waals surface area contributed by atoms with Gasteiger partial charge in [-0.2, -0.15) is 4.98 Å². The van der Waals surface area contributed by atoms with Gasteiger partial charge in [0.15, 0.2) is 11.2 Å². The molecular formula is C68H103N17O34S2. The number of carboxylic acid groups (broad SMARTS) is 4. The maximum atomic E-state index is 14.7. The van der Waals surface area contributed by atoms with Crippen LogP contribution in [0, 0.1) is 0 Å². The molecule has 1 unspecified atom stereocenters. The lowest BCUT2D eigenvalue weighted by molar-refractivity contribution is -0.142. The molecule has 676 valence electrons. The number of carboxylic acids is 4. The van der Waals surface area contributed by atoms with Gasteiger partial charge in [0.25, 0.3) is 11.5 Å². The van der Waals surface area contributed by atoms with E-state index in [9.17, 15) is 158 Å². The zero-order chi connectivity index (χ0) is 90.8. The fourth-order valence-electron chi connectivity index (χ4n) is 10.5. The van der Waals surface area contributed by atoms with Crippen molar-refractivity contribution in [3.05, 3.63) is 52.1 Å². The third-order valence-corrected chi connectivity index (χ3v) is 19.7. The molecule has 0 radical (unpaired) electrons. The summed E-state index contributed by atoms with van der Waals surface area (Å²) in [6.45, 7) is -5.35. The Bertz CT molecular complexity index is 4010. The van der Waals surface area contributed by atoms with E-state index >= 15 is 0 Å². The summed E-state index contributed by atoms with van der Waals surface area (Å²) in [5, 5.41) is 194. The molecule has 51 nitrogen and oxygen atoms in total. The molecule has 0 aliphatic heterocycles. The molecular weight excluding hydrogens is 1660 g/mol. The minimum atomic E-state index is -2.20. The Hall–Kier alpha value is -10.9. The number of aliphatic hydroxyl groups is 13. The number of rotatable bonds is 60. The molecule has 0 fully saturated rings. The highest BCUT2D eigenvalue weighted by atomic mass is 33.1. The average molecular weight is 1770 g/mol. The minimum absolute atomic E-state index is 0.00974. The molecule has 2 heterocycles. The molecule has 0 aliphatic carbocycles. The number of aromatic amines is 1. The summed E-state index contributed by atoms with van der Waals surface area (Å²) in [6.07, 6.45) is -29.9. The van der Waals surface area contributed by atoms with Gasteiger partial charge in [-0.25, -0.2) is 24.4 Å². The van der Waals surface area contributed by atoms with Gasteiger partial charge in [-0.05, 0) is 62.8 Å². The lowest BCUT2D eigenvalue weighted by Gasteiger charge is -2.27. The molecule has 17 atom stereocenters. The number of carbonyl (C=O) groups excluding carboxylic acids is 11. The van der Waals surface area contributed by atoms with Crippen molar-refractivity contribution >= 4 is 133 Å². The van der Waals surface area contributed by atoms with Gasteiger partial charge >= 0.3 is 30.0 Å². The number of aromatic nitrogens is 4. The van der Waals surface area contributed by atoms with Gasteiger partial charge in [-0.15, -0.1) is 0 Å². The van der Waals surface area contributed by atoms with Crippen molar-refractivity contribution in [2.45, 2.75) is 200 Å². The number of fused-ring (bicyclic) bond motifs is 1. The molecule has 0 spiro atoms. The third kappa shape index (κ3) is 39.9. The van der Waals surface area contributed by atoms with Crippen molar-refractivity contribution in [2.75, 3.05) is 68.6 Å². The molecule has 0 bridgehead atoms. The lowest BCUT2D eigenvalue weighted by atomic mass is 10.0. The van der Waals surface area contributed by atoms with E-state index in [1.54, 1.807) is 0 Å². The number of amides is 11. The first-order valence-corrected chi connectivity index (χ1v) is 39.5. The Morgan fingerprint density at radius 2 is 0.868 bits per heavy atom. The van der Waals surface area contributed by atoms with Crippen LogP contribution in [0.1, 0.15) is 106 Å². The van der Waals surface area contributed by atoms with Gasteiger partial charge in [0, 0.05) is 93.8 Å². The number of H-pyrrole nitrogens is 1. The second-order valence-electron chi connectivity index (χ2n) is 27.0. The maximum absolute atomic E-state index is 14.7. The van der Waals surface area contributed by atoms with Gasteiger partial charge in [0.2, 0.25) is 59.1 Å². The van der Waals surface area contributed by atoms with Crippen LogP contribution in [0.25, 0.3) is 11.2 Å². The molecule has 0 saturated carbocycles. The number of primary amides is 1. The average Bonchev–Trinajstić information content (AvgIpc) is 0.809. The minimum Gasteiger partial charge on any atom is -0.481 e. The first kappa shape index (κ1) is 104. The van der Waals surface area contributed by atoms with Crippen LogP contribution in [0.5, 0.6) is 0 Å². The number of carbonyl (C=O) groups is 15. The summed E-state index contributed by atoms with van der Waals surface area (Å²) in [6, 6.07) is -8.84.